The summed E-state index contributed by atoms with van der Waals surface area (Å²) in [5, 5.41) is 0. The fourth-order valence-electron chi connectivity index (χ4n) is 1.86. The Balaban J connectivity index is 0.00000441. The van der Waals surface area contributed by atoms with Crippen molar-refractivity contribution in [3.8, 4) is 0 Å². The quantitative estimate of drug-likeness (QED) is 0.265. The summed E-state index contributed by atoms with van der Waals surface area (Å²) in [5.74, 6) is -1.14. The summed E-state index contributed by atoms with van der Waals surface area (Å²) in [6.45, 7) is 0. The minimum atomic E-state index is -5.01. The second-order valence-electron chi connectivity index (χ2n) is 4.35. The molecule has 0 aliphatic rings. The van der Waals surface area contributed by atoms with Crippen LogP contribution in [0.1, 0.15) is 40.7 Å². The van der Waals surface area contributed by atoms with Gasteiger partial charge in [0.05, 0.1) is 11.1 Å². The van der Waals surface area contributed by atoms with Gasteiger partial charge in [-0.05, 0) is 18.6 Å². The number of carbonyl (C=O) groups is 1. The smallest absolute Gasteiger partial charge is 0.558 e. The van der Waals surface area contributed by atoms with Crippen LogP contribution >= 0.6 is 9.24 Å². The van der Waals surface area contributed by atoms with Crippen LogP contribution in [0.2, 0.25) is 0 Å². The zero-order valence-electron chi connectivity index (χ0n) is 11.7. The zero-order chi connectivity index (χ0) is 16.3. The standard InChI is InChI=1S/C13H12F6OP.Li/c14-12(15,16)8-4-3-5-9(13(17,18)19)11(8)10(20)6-1-2-7-21;/h3-5,21H,1-2,6-7H2;/q-1;+1. The average molecular weight is 336 g/mol. The molecule has 0 spiro atoms. The summed E-state index contributed by atoms with van der Waals surface area (Å²) in [4.78, 5) is 11.8. The maximum Gasteiger partial charge on any atom is 1.00 e. The van der Waals surface area contributed by atoms with Gasteiger partial charge < -0.3 is 9.24 Å². The molecule has 0 saturated carbocycles. The van der Waals surface area contributed by atoms with E-state index in [2.05, 4.69) is 9.24 Å². The molecule has 0 atom stereocenters. The van der Waals surface area contributed by atoms with Crippen molar-refractivity contribution in [1.82, 2.24) is 0 Å². The van der Waals surface area contributed by atoms with Gasteiger partial charge >= 0.3 is 31.2 Å². The van der Waals surface area contributed by atoms with E-state index in [1.54, 1.807) is 0 Å². The minimum absolute atomic E-state index is 0. The third-order valence-corrected chi connectivity index (χ3v) is 3.14. The van der Waals surface area contributed by atoms with E-state index < -0.39 is 34.8 Å². The van der Waals surface area contributed by atoms with Crippen LogP contribution in [-0.4, -0.2) is 11.9 Å². The summed E-state index contributed by atoms with van der Waals surface area (Å²) in [6, 6.07) is 1.64. The summed E-state index contributed by atoms with van der Waals surface area (Å²) in [5.41, 5.74) is -4.37. The summed E-state index contributed by atoms with van der Waals surface area (Å²) >= 11 is 0. The zero-order valence-corrected chi connectivity index (χ0v) is 12.7. The van der Waals surface area contributed by atoms with Gasteiger partial charge in [0.15, 0.2) is 5.78 Å². The van der Waals surface area contributed by atoms with Gasteiger partial charge in [0, 0.05) is 12.0 Å². The van der Waals surface area contributed by atoms with Gasteiger partial charge in [0.25, 0.3) is 0 Å². The van der Waals surface area contributed by atoms with E-state index in [9.17, 15) is 31.1 Å². The molecule has 22 heavy (non-hydrogen) atoms. The Morgan fingerprint density at radius 1 is 0.955 bits per heavy atom. The Kier molecular flexibility index (Phi) is 8.19. The number of rotatable bonds is 5. The summed E-state index contributed by atoms with van der Waals surface area (Å²) in [6.07, 6.45) is -9.17. The number of carbonyl (C=O) groups excluding carboxylic acids is 1. The molecular formula is C13H12F6LiOP. The number of alkyl halides is 6. The van der Waals surface area contributed by atoms with Crippen molar-refractivity contribution < 1.29 is 50.0 Å². The van der Waals surface area contributed by atoms with Crippen LogP contribution in [0.15, 0.2) is 18.2 Å². The number of hydrogen-bond donors (Lipinski definition) is 0. The van der Waals surface area contributed by atoms with Crippen molar-refractivity contribution in [3.63, 3.8) is 0 Å². The molecule has 0 radical (unpaired) electrons. The maximum atomic E-state index is 12.8. The SMILES string of the molecule is O=C(CCCC[PH-])c1c(C(F)(F)F)cccc1C(F)(F)F.[Li+]. The molecule has 0 unspecified atom stereocenters. The van der Waals surface area contributed by atoms with Crippen molar-refractivity contribution in [2.24, 2.45) is 0 Å². The Morgan fingerprint density at radius 2 is 1.41 bits per heavy atom. The predicted molar refractivity (Wildman–Crippen MR) is 67.8 cm³/mol. The van der Waals surface area contributed by atoms with Crippen LogP contribution in [0.4, 0.5) is 26.3 Å². The maximum absolute atomic E-state index is 12.8. The molecule has 1 aromatic carbocycles. The molecule has 0 saturated heterocycles. The molecule has 118 valence electrons. The van der Waals surface area contributed by atoms with Crippen molar-refractivity contribution in [2.45, 2.75) is 31.6 Å². The van der Waals surface area contributed by atoms with Crippen molar-refractivity contribution in [3.05, 3.63) is 34.9 Å². The van der Waals surface area contributed by atoms with Gasteiger partial charge in [-0.1, -0.05) is 12.5 Å². The molecule has 0 heterocycles. The molecule has 0 aliphatic heterocycles. The molecule has 0 N–H and O–H groups in total. The van der Waals surface area contributed by atoms with Crippen molar-refractivity contribution >= 4 is 15.0 Å². The molecule has 0 fully saturated rings. The molecule has 1 rings (SSSR count). The third kappa shape index (κ3) is 5.61. The Hall–Kier alpha value is -0.503. The molecule has 1 aromatic rings. The first-order valence-electron chi connectivity index (χ1n) is 6.04. The Morgan fingerprint density at radius 3 is 1.77 bits per heavy atom. The number of ketones is 1. The molecule has 0 aliphatic carbocycles. The largest absolute Gasteiger partial charge is 1.00 e. The molecular weight excluding hydrogens is 324 g/mol. The van der Waals surface area contributed by atoms with Gasteiger partial charge in [-0.25, -0.2) is 0 Å². The first-order chi connectivity index (χ1) is 9.59. The first kappa shape index (κ1) is 21.5. The van der Waals surface area contributed by atoms with Crippen LogP contribution in [-0.2, 0) is 12.4 Å². The van der Waals surface area contributed by atoms with Crippen molar-refractivity contribution in [2.75, 3.05) is 6.16 Å². The fraction of sp³-hybridized carbons (Fsp3) is 0.462. The average Bonchev–Trinajstić information content (AvgIpc) is 2.36. The normalized spacial score (nSPS) is 12.0. The van der Waals surface area contributed by atoms with Crippen LogP contribution < -0.4 is 18.9 Å². The molecule has 0 bridgehead atoms. The predicted octanol–water partition coefficient (Wildman–Crippen LogP) is 2.22. The summed E-state index contributed by atoms with van der Waals surface area (Å²) in [7, 11) is 3.12. The van der Waals surface area contributed by atoms with E-state index >= 15 is 0 Å². The molecule has 0 amide bonds. The number of benzene rings is 1. The number of halogens is 6. The van der Waals surface area contributed by atoms with Gasteiger partial charge in [0.1, 0.15) is 0 Å². The fourth-order valence-corrected chi connectivity index (χ4v) is 2.11. The number of unbranched alkanes of at least 4 members (excludes halogenated alkanes) is 1. The van der Waals surface area contributed by atoms with Crippen LogP contribution in [0.5, 0.6) is 0 Å². The third-order valence-electron chi connectivity index (χ3n) is 2.78. The van der Waals surface area contributed by atoms with Crippen LogP contribution in [0.25, 0.3) is 0 Å². The van der Waals surface area contributed by atoms with Gasteiger partial charge in [-0.3, -0.25) is 4.79 Å². The van der Waals surface area contributed by atoms with Gasteiger partial charge in [0.2, 0.25) is 0 Å². The van der Waals surface area contributed by atoms with Crippen molar-refractivity contribution in [1.29, 1.82) is 0 Å². The first-order valence-corrected chi connectivity index (χ1v) is 6.75. The molecule has 9 heteroatoms. The van der Waals surface area contributed by atoms with E-state index in [4.69, 9.17) is 0 Å². The van der Waals surface area contributed by atoms with Gasteiger partial charge in [-0.2, -0.15) is 32.5 Å². The minimum Gasteiger partial charge on any atom is -0.558 e. The van der Waals surface area contributed by atoms with E-state index in [0.29, 0.717) is 30.8 Å². The van der Waals surface area contributed by atoms with E-state index in [-0.39, 0.29) is 31.7 Å². The van der Waals surface area contributed by atoms with E-state index in [1.165, 1.54) is 0 Å². The number of Topliss-reactive ketones (excluding diaryl/α,β-unsaturated/α-hetero) is 1. The molecule has 0 aromatic heterocycles. The van der Waals surface area contributed by atoms with Gasteiger partial charge in [-0.15, -0.1) is 0 Å². The Labute approximate surface area is 138 Å². The number of hydrogen-bond acceptors (Lipinski definition) is 1. The topological polar surface area (TPSA) is 17.1 Å². The van der Waals surface area contributed by atoms with E-state index in [1.807, 2.05) is 0 Å². The van der Waals surface area contributed by atoms with E-state index in [0.717, 1.165) is 0 Å². The monoisotopic (exact) mass is 336 g/mol. The second-order valence-corrected chi connectivity index (χ2v) is 4.85. The molecule has 1 nitrogen and oxygen atoms in total. The van der Waals surface area contributed by atoms with Crippen LogP contribution in [0, 0.1) is 0 Å². The second kappa shape index (κ2) is 8.38. The Bertz CT molecular complexity index is 480. The summed E-state index contributed by atoms with van der Waals surface area (Å²) < 4.78 is 77.0. The van der Waals surface area contributed by atoms with Crippen LogP contribution in [0.3, 0.4) is 0 Å².